The molecule has 0 spiro atoms. The standard InChI is InChI=1S/C21H29N5OS.2C2HF3O2/c1-16-6-7-18(28-16)14-25-11-4-8-21(19(27)24(2)3)15-26(13-17(21)12-25)20-22-9-5-10-23-20;2*3-2(4,5)1(6)7/h5-7,9-10,17H,4,8,11-15H2,1-3H3;2*(H,6,7)/t17-,21-;;/m0../s1. The summed E-state index contributed by atoms with van der Waals surface area (Å²) in [6.45, 7) is 6.68. The highest BCUT2D eigenvalue weighted by Crippen LogP contribution is 2.45. The van der Waals surface area contributed by atoms with Crippen molar-refractivity contribution in [3.63, 3.8) is 0 Å². The maximum atomic E-state index is 13.3. The summed E-state index contributed by atoms with van der Waals surface area (Å²) in [6.07, 6.45) is -4.63. The normalized spacial score (nSPS) is 20.7. The van der Waals surface area contributed by atoms with Crippen LogP contribution in [0.1, 0.15) is 22.6 Å². The third kappa shape index (κ3) is 9.54. The average molecular weight is 628 g/mol. The van der Waals surface area contributed by atoms with E-state index in [2.05, 4.69) is 38.8 Å². The van der Waals surface area contributed by atoms with Gasteiger partial charge in [-0.15, -0.1) is 11.3 Å². The lowest BCUT2D eigenvalue weighted by Crippen LogP contribution is -2.47. The van der Waals surface area contributed by atoms with Crippen LogP contribution in [0.2, 0.25) is 0 Å². The van der Waals surface area contributed by atoms with Crippen molar-refractivity contribution in [2.45, 2.75) is 38.7 Å². The number of carboxylic acids is 2. The molecule has 0 bridgehead atoms. The van der Waals surface area contributed by atoms with Crippen LogP contribution in [0.25, 0.3) is 0 Å². The molecule has 0 unspecified atom stereocenters. The fraction of sp³-hybridized carbons (Fsp3) is 0.560. The molecule has 2 N–H and O–H groups in total. The highest BCUT2D eigenvalue weighted by atomic mass is 32.1. The van der Waals surface area contributed by atoms with Gasteiger partial charge < -0.3 is 20.0 Å². The Kier molecular flexibility index (Phi) is 11.7. The average Bonchev–Trinajstić information content (AvgIpc) is 3.42. The smallest absolute Gasteiger partial charge is 0.475 e. The molecule has 4 heterocycles. The Morgan fingerprint density at radius 1 is 1.02 bits per heavy atom. The van der Waals surface area contributed by atoms with Gasteiger partial charge in [-0.1, -0.05) is 0 Å². The number of carbonyl (C=O) groups excluding carboxylic acids is 1. The summed E-state index contributed by atoms with van der Waals surface area (Å²) < 4.78 is 63.5. The van der Waals surface area contributed by atoms with E-state index in [4.69, 9.17) is 19.8 Å². The quantitative estimate of drug-likeness (QED) is 0.485. The molecule has 2 saturated heterocycles. The van der Waals surface area contributed by atoms with Gasteiger partial charge in [0.05, 0.1) is 5.41 Å². The van der Waals surface area contributed by atoms with Gasteiger partial charge in [0, 0.05) is 68.3 Å². The van der Waals surface area contributed by atoms with E-state index in [1.54, 1.807) is 17.3 Å². The number of halogens is 6. The maximum Gasteiger partial charge on any atom is 0.490 e. The van der Waals surface area contributed by atoms with Crippen LogP contribution in [0, 0.1) is 18.3 Å². The van der Waals surface area contributed by atoms with Gasteiger partial charge >= 0.3 is 24.3 Å². The summed E-state index contributed by atoms with van der Waals surface area (Å²) in [5, 5.41) is 14.2. The molecule has 2 fully saturated rings. The lowest BCUT2D eigenvalue weighted by Gasteiger charge is -2.34. The molecule has 2 aromatic rings. The van der Waals surface area contributed by atoms with Gasteiger partial charge in [-0.25, -0.2) is 19.6 Å². The predicted octanol–water partition coefficient (Wildman–Crippen LogP) is 3.92. The highest BCUT2D eigenvalue weighted by molar-refractivity contribution is 7.11. The van der Waals surface area contributed by atoms with E-state index in [1.165, 1.54) is 9.75 Å². The fourth-order valence-corrected chi connectivity index (χ4v) is 5.78. The molecule has 234 valence electrons. The third-order valence-corrected chi connectivity index (χ3v) is 7.58. The van der Waals surface area contributed by atoms with Gasteiger partial charge in [-0.2, -0.15) is 26.3 Å². The van der Waals surface area contributed by atoms with Crippen LogP contribution in [0.15, 0.2) is 30.6 Å². The van der Waals surface area contributed by atoms with Crippen LogP contribution in [0.4, 0.5) is 32.3 Å². The van der Waals surface area contributed by atoms with Crippen LogP contribution in [-0.2, 0) is 20.9 Å². The molecule has 42 heavy (non-hydrogen) atoms. The van der Waals surface area contributed by atoms with E-state index in [0.717, 1.165) is 45.0 Å². The van der Waals surface area contributed by atoms with Crippen LogP contribution in [0.5, 0.6) is 0 Å². The van der Waals surface area contributed by atoms with Gasteiger partial charge in [0.15, 0.2) is 0 Å². The Hall–Kier alpha value is -3.47. The van der Waals surface area contributed by atoms with E-state index >= 15 is 0 Å². The largest absolute Gasteiger partial charge is 0.490 e. The number of fused-ring (bicyclic) bond motifs is 1. The molecule has 0 aromatic carbocycles. The molecule has 4 rings (SSSR count). The van der Waals surface area contributed by atoms with Crippen molar-refractivity contribution >= 4 is 35.1 Å². The monoisotopic (exact) mass is 627 g/mol. The highest BCUT2D eigenvalue weighted by Gasteiger charge is 2.54. The Labute approximate surface area is 241 Å². The van der Waals surface area contributed by atoms with Crippen LogP contribution < -0.4 is 4.90 Å². The van der Waals surface area contributed by atoms with Crippen molar-refractivity contribution in [1.29, 1.82) is 0 Å². The molecule has 2 atom stereocenters. The van der Waals surface area contributed by atoms with E-state index in [0.29, 0.717) is 6.54 Å². The molecule has 2 aromatic heterocycles. The lowest BCUT2D eigenvalue weighted by atomic mass is 9.74. The van der Waals surface area contributed by atoms with Crippen molar-refractivity contribution in [3.05, 3.63) is 40.3 Å². The number of anilines is 1. The Morgan fingerprint density at radius 3 is 2.02 bits per heavy atom. The summed E-state index contributed by atoms with van der Waals surface area (Å²) in [7, 11) is 3.76. The van der Waals surface area contributed by atoms with Crippen molar-refractivity contribution in [2.24, 2.45) is 11.3 Å². The number of rotatable bonds is 4. The van der Waals surface area contributed by atoms with Crippen molar-refractivity contribution in [3.8, 4) is 0 Å². The zero-order valence-corrected chi connectivity index (χ0v) is 23.8. The second kappa shape index (κ2) is 14.1. The first-order valence-electron chi connectivity index (χ1n) is 12.5. The summed E-state index contributed by atoms with van der Waals surface area (Å²) in [6, 6.07) is 6.27. The summed E-state index contributed by atoms with van der Waals surface area (Å²) in [5.41, 5.74) is -0.344. The minimum atomic E-state index is -5.08. The van der Waals surface area contributed by atoms with E-state index < -0.39 is 24.3 Å². The number of aryl methyl sites for hydroxylation is 1. The van der Waals surface area contributed by atoms with Crippen LogP contribution in [-0.4, -0.2) is 100 Å². The molecular weight excluding hydrogens is 596 g/mol. The predicted molar refractivity (Wildman–Crippen MR) is 140 cm³/mol. The maximum absolute atomic E-state index is 13.3. The molecule has 0 aliphatic carbocycles. The number of aromatic nitrogens is 2. The first kappa shape index (κ1) is 34.7. The number of nitrogens with zero attached hydrogens (tertiary/aromatic N) is 5. The minimum Gasteiger partial charge on any atom is -0.475 e. The van der Waals surface area contributed by atoms with E-state index in [9.17, 15) is 31.1 Å². The number of alkyl halides is 6. The molecule has 0 saturated carbocycles. The number of likely N-dealkylation sites (tertiary alicyclic amines) is 1. The van der Waals surface area contributed by atoms with E-state index in [-0.39, 0.29) is 17.2 Å². The number of hydrogen-bond acceptors (Lipinski definition) is 8. The number of carbonyl (C=O) groups is 3. The number of amides is 1. The number of thiophene rings is 1. The van der Waals surface area contributed by atoms with Gasteiger partial charge in [-0.05, 0) is 44.5 Å². The number of carboxylic acid groups (broad SMARTS) is 2. The van der Waals surface area contributed by atoms with Gasteiger partial charge in [-0.3, -0.25) is 9.69 Å². The summed E-state index contributed by atoms with van der Waals surface area (Å²) in [4.78, 5) is 49.3. The van der Waals surface area contributed by atoms with Crippen molar-refractivity contribution in [1.82, 2.24) is 19.8 Å². The lowest BCUT2D eigenvalue weighted by molar-refractivity contribution is -0.193. The molecule has 2 aliphatic rings. The zero-order valence-electron chi connectivity index (χ0n) is 22.9. The van der Waals surface area contributed by atoms with Gasteiger partial charge in [0.2, 0.25) is 11.9 Å². The van der Waals surface area contributed by atoms with Crippen molar-refractivity contribution < 1.29 is 50.9 Å². The molecule has 1 amide bonds. The Balaban J connectivity index is 0.000000367. The second-order valence-electron chi connectivity index (χ2n) is 9.94. The van der Waals surface area contributed by atoms with E-state index in [1.807, 2.05) is 31.5 Å². The number of hydrogen-bond donors (Lipinski definition) is 2. The minimum absolute atomic E-state index is 0.254. The topological polar surface area (TPSA) is 127 Å². The number of aliphatic carboxylic acids is 2. The van der Waals surface area contributed by atoms with Crippen molar-refractivity contribution in [2.75, 3.05) is 45.2 Å². The SMILES string of the molecule is Cc1ccc(CN2CCC[C@]3(C(=O)N(C)C)CN(c4ncccn4)C[C@@H]3C2)s1.O=C(O)C(F)(F)F.O=C(O)C(F)(F)F. The Bertz CT molecular complexity index is 1190. The van der Waals surface area contributed by atoms with Crippen LogP contribution in [0.3, 0.4) is 0 Å². The second-order valence-corrected chi connectivity index (χ2v) is 11.3. The Morgan fingerprint density at radius 2 is 1.57 bits per heavy atom. The fourth-order valence-electron chi connectivity index (χ4n) is 4.85. The summed E-state index contributed by atoms with van der Waals surface area (Å²) >= 11 is 1.87. The molecule has 2 aliphatic heterocycles. The molecule has 10 nitrogen and oxygen atoms in total. The third-order valence-electron chi connectivity index (χ3n) is 6.60. The molecule has 17 heteroatoms. The zero-order chi connectivity index (χ0) is 31.9. The first-order chi connectivity index (χ1) is 19.4. The molecular formula is C25H31F6N5O5S. The molecule has 0 radical (unpaired) electrons. The van der Waals surface area contributed by atoms with Gasteiger partial charge in [0.25, 0.3) is 0 Å². The van der Waals surface area contributed by atoms with Gasteiger partial charge in [0.1, 0.15) is 0 Å². The van der Waals surface area contributed by atoms with Crippen LogP contribution >= 0.6 is 11.3 Å². The first-order valence-corrected chi connectivity index (χ1v) is 13.3. The summed E-state index contributed by atoms with van der Waals surface area (Å²) in [5.74, 6) is -4.23.